The van der Waals surface area contributed by atoms with Crippen LogP contribution in [0.3, 0.4) is 0 Å². The van der Waals surface area contributed by atoms with Crippen molar-refractivity contribution in [3.63, 3.8) is 0 Å². The molecule has 3 rings (SSSR count). The third kappa shape index (κ3) is 3.65. The molecule has 0 fully saturated rings. The van der Waals surface area contributed by atoms with Crippen LogP contribution >= 0.6 is 0 Å². The summed E-state index contributed by atoms with van der Waals surface area (Å²) < 4.78 is 42.0. The summed E-state index contributed by atoms with van der Waals surface area (Å²) in [6, 6.07) is 12.0. The number of alkyl halides is 3. The first-order valence-corrected chi connectivity index (χ1v) is 9.47. The average Bonchev–Trinajstić information content (AvgIpc) is 2.57. The number of rotatable bonds is 3. The molecule has 0 amide bonds. The maximum Gasteiger partial charge on any atom is 0.394 e. The molecule has 0 aliphatic rings. The Bertz CT molecular complexity index is 1050. The highest BCUT2D eigenvalue weighted by molar-refractivity contribution is 5.94. The summed E-state index contributed by atoms with van der Waals surface area (Å²) in [6.07, 6.45) is -2.29. The third-order valence-corrected chi connectivity index (χ3v) is 5.68. The van der Waals surface area contributed by atoms with Crippen molar-refractivity contribution in [2.45, 2.75) is 47.2 Å². The zero-order chi connectivity index (χ0) is 20.9. The highest BCUT2D eigenvalue weighted by Crippen LogP contribution is 2.40. The normalized spacial score (nSPS) is 12.6. The van der Waals surface area contributed by atoms with Crippen LogP contribution in [0.4, 0.5) is 13.2 Å². The van der Waals surface area contributed by atoms with Gasteiger partial charge in [0.1, 0.15) is 7.05 Å². The molecule has 148 valence electrons. The summed E-state index contributed by atoms with van der Waals surface area (Å²) in [4.78, 5) is 0. The first kappa shape index (κ1) is 20.4. The van der Waals surface area contributed by atoms with Gasteiger partial charge in [0.2, 0.25) is 5.69 Å². The Morgan fingerprint density at radius 3 is 2.25 bits per heavy atom. The number of hydrogen-bond donors (Lipinski definition) is 0. The van der Waals surface area contributed by atoms with Crippen molar-refractivity contribution < 1.29 is 17.7 Å². The van der Waals surface area contributed by atoms with Crippen molar-refractivity contribution in [3.05, 3.63) is 64.8 Å². The SMILES string of the molecule is Cc1cc(C)c(C)c(-c2c3ccc(CC(C)(C)C(F)(F)F)cc3cc[n+]2C)c1. The number of fused-ring (bicyclic) bond motifs is 1. The second kappa shape index (κ2) is 6.91. The lowest BCUT2D eigenvalue weighted by atomic mass is 9.84. The largest absolute Gasteiger partial charge is 0.394 e. The van der Waals surface area contributed by atoms with Crippen LogP contribution in [0.2, 0.25) is 0 Å². The Hall–Kier alpha value is -2.36. The second-order valence-corrected chi connectivity index (χ2v) is 8.51. The molecule has 3 aromatic rings. The number of nitrogens with zero attached hydrogens (tertiary/aromatic N) is 1. The van der Waals surface area contributed by atoms with Gasteiger partial charge in [-0.05, 0) is 61.4 Å². The Morgan fingerprint density at radius 1 is 0.929 bits per heavy atom. The van der Waals surface area contributed by atoms with Crippen molar-refractivity contribution in [1.29, 1.82) is 0 Å². The number of pyridine rings is 1. The molecule has 0 radical (unpaired) electrons. The summed E-state index contributed by atoms with van der Waals surface area (Å²) >= 11 is 0. The second-order valence-electron chi connectivity index (χ2n) is 8.51. The molecule has 0 bridgehead atoms. The van der Waals surface area contributed by atoms with Crippen LogP contribution < -0.4 is 4.57 Å². The van der Waals surface area contributed by atoms with E-state index < -0.39 is 11.6 Å². The standard InChI is InChI=1S/C24H27F3N/c1-15-11-16(2)17(3)21(12-15)22-20-8-7-18(13-19(20)9-10-28(22)6)14-23(4,5)24(25,26)27/h7-13H,14H2,1-6H3/q+1. The van der Waals surface area contributed by atoms with E-state index in [2.05, 4.69) is 37.5 Å². The summed E-state index contributed by atoms with van der Waals surface area (Å²) in [7, 11) is 2.01. The number of aryl methyl sites for hydroxylation is 3. The van der Waals surface area contributed by atoms with Crippen LogP contribution in [0.1, 0.15) is 36.1 Å². The van der Waals surface area contributed by atoms with Crippen LogP contribution in [-0.2, 0) is 13.5 Å². The van der Waals surface area contributed by atoms with Crippen molar-refractivity contribution in [2.24, 2.45) is 12.5 Å². The van der Waals surface area contributed by atoms with E-state index in [4.69, 9.17) is 0 Å². The summed E-state index contributed by atoms with van der Waals surface area (Å²) in [5, 5.41) is 2.01. The molecule has 0 aliphatic heterocycles. The predicted molar refractivity (Wildman–Crippen MR) is 108 cm³/mol. The Labute approximate surface area is 164 Å². The predicted octanol–water partition coefficient (Wildman–Crippen LogP) is 6.39. The minimum atomic E-state index is -4.23. The molecular formula is C24H27F3N+. The lowest BCUT2D eigenvalue weighted by Gasteiger charge is -2.27. The molecule has 0 saturated carbocycles. The molecule has 0 saturated heterocycles. The summed E-state index contributed by atoms with van der Waals surface area (Å²) in [6.45, 7) is 8.81. The molecule has 1 heterocycles. The topological polar surface area (TPSA) is 3.88 Å². The van der Waals surface area contributed by atoms with Crippen molar-refractivity contribution >= 4 is 10.8 Å². The van der Waals surface area contributed by atoms with E-state index in [0.717, 1.165) is 22.0 Å². The van der Waals surface area contributed by atoms with Gasteiger partial charge in [0, 0.05) is 6.07 Å². The van der Waals surface area contributed by atoms with E-state index in [-0.39, 0.29) is 6.42 Å². The Balaban J connectivity index is 2.16. The molecule has 0 unspecified atom stereocenters. The van der Waals surface area contributed by atoms with Crippen LogP contribution in [0.5, 0.6) is 0 Å². The Morgan fingerprint density at radius 2 is 1.61 bits per heavy atom. The molecule has 0 spiro atoms. The van der Waals surface area contributed by atoms with Gasteiger partial charge in [0.15, 0.2) is 6.20 Å². The zero-order valence-corrected chi connectivity index (χ0v) is 17.3. The van der Waals surface area contributed by atoms with Gasteiger partial charge in [-0.1, -0.05) is 37.6 Å². The molecule has 4 heteroatoms. The first-order valence-electron chi connectivity index (χ1n) is 9.47. The molecule has 0 atom stereocenters. The van der Waals surface area contributed by atoms with Gasteiger partial charge in [-0.25, -0.2) is 4.57 Å². The lowest BCUT2D eigenvalue weighted by molar-refractivity contribution is -0.659. The molecule has 28 heavy (non-hydrogen) atoms. The van der Waals surface area contributed by atoms with E-state index in [1.807, 2.05) is 37.5 Å². The minimum Gasteiger partial charge on any atom is -0.200 e. The number of aromatic nitrogens is 1. The number of benzene rings is 2. The number of halogens is 3. The smallest absolute Gasteiger partial charge is 0.200 e. The summed E-state index contributed by atoms with van der Waals surface area (Å²) in [5.74, 6) is 0. The molecular weight excluding hydrogens is 359 g/mol. The fraction of sp³-hybridized carbons (Fsp3) is 0.375. The van der Waals surface area contributed by atoms with Gasteiger partial charge in [-0.3, -0.25) is 0 Å². The van der Waals surface area contributed by atoms with Gasteiger partial charge in [0.25, 0.3) is 0 Å². The highest BCUT2D eigenvalue weighted by atomic mass is 19.4. The van der Waals surface area contributed by atoms with Crippen molar-refractivity contribution in [2.75, 3.05) is 0 Å². The fourth-order valence-electron chi connectivity index (χ4n) is 3.76. The van der Waals surface area contributed by atoms with E-state index >= 15 is 0 Å². The van der Waals surface area contributed by atoms with Crippen LogP contribution in [0.15, 0.2) is 42.6 Å². The zero-order valence-electron chi connectivity index (χ0n) is 17.3. The van der Waals surface area contributed by atoms with E-state index in [0.29, 0.717) is 5.56 Å². The molecule has 0 aliphatic carbocycles. The highest BCUT2D eigenvalue weighted by Gasteiger charge is 2.46. The number of hydrogen-bond acceptors (Lipinski definition) is 0. The van der Waals surface area contributed by atoms with Gasteiger partial charge < -0.3 is 0 Å². The lowest BCUT2D eigenvalue weighted by Crippen LogP contribution is -2.34. The van der Waals surface area contributed by atoms with Crippen LogP contribution in [0.25, 0.3) is 22.0 Å². The van der Waals surface area contributed by atoms with Gasteiger partial charge >= 0.3 is 6.18 Å². The van der Waals surface area contributed by atoms with Gasteiger partial charge in [-0.15, -0.1) is 0 Å². The molecule has 0 N–H and O–H groups in total. The minimum absolute atomic E-state index is 0.0363. The van der Waals surface area contributed by atoms with E-state index in [1.165, 1.54) is 30.5 Å². The monoisotopic (exact) mass is 386 g/mol. The quantitative estimate of drug-likeness (QED) is 0.459. The molecule has 1 aromatic heterocycles. The Kier molecular flexibility index (Phi) is 5.03. The third-order valence-electron chi connectivity index (χ3n) is 5.68. The van der Waals surface area contributed by atoms with E-state index in [1.54, 1.807) is 0 Å². The molecule has 1 nitrogen and oxygen atoms in total. The maximum absolute atomic E-state index is 13.3. The maximum atomic E-state index is 13.3. The fourth-order valence-corrected chi connectivity index (χ4v) is 3.76. The van der Waals surface area contributed by atoms with Gasteiger partial charge in [0.05, 0.1) is 16.4 Å². The average molecular weight is 386 g/mol. The van der Waals surface area contributed by atoms with Crippen molar-refractivity contribution in [3.8, 4) is 11.3 Å². The summed E-state index contributed by atoms with van der Waals surface area (Å²) in [5.41, 5.74) is 4.84. The van der Waals surface area contributed by atoms with E-state index in [9.17, 15) is 13.2 Å². The van der Waals surface area contributed by atoms with Crippen molar-refractivity contribution in [1.82, 2.24) is 0 Å². The van der Waals surface area contributed by atoms with Gasteiger partial charge in [-0.2, -0.15) is 13.2 Å². The van der Waals surface area contributed by atoms with Crippen LogP contribution in [0, 0.1) is 26.2 Å². The molecule has 2 aromatic carbocycles. The first-order chi connectivity index (χ1) is 12.9. The van der Waals surface area contributed by atoms with Crippen LogP contribution in [-0.4, -0.2) is 6.18 Å².